The number of hydrogen-bond donors (Lipinski definition) is 2. The molecule has 1 rings (SSSR count). The molecule has 1 heterocycles. The van der Waals surface area contributed by atoms with Gasteiger partial charge in [0.15, 0.2) is 5.96 Å². The first-order valence-corrected chi connectivity index (χ1v) is 4.84. The Labute approximate surface area is 87.9 Å². The van der Waals surface area contributed by atoms with Crippen molar-refractivity contribution in [1.82, 2.24) is 5.32 Å². The molecule has 0 amide bonds. The quantitative estimate of drug-likeness (QED) is 0.214. The van der Waals surface area contributed by atoms with Gasteiger partial charge < -0.3 is 15.8 Å². The number of carbonyl (C=O) groups excluding carboxylic acids is 2. The zero-order valence-electron chi connectivity index (χ0n) is 8.66. The number of ether oxygens (including phenoxy) is 1. The molecule has 1 aliphatic heterocycles. The minimum atomic E-state index is -0.424. The van der Waals surface area contributed by atoms with E-state index in [4.69, 9.17) is 5.73 Å². The fourth-order valence-electron chi connectivity index (χ4n) is 1.39. The van der Waals surface area contributed by atoms with E-state index in [1.54, 1.807) is 7.05 Å². The highest BCUT2D eigenvalue weighted by Gasteiger charge is 2.32. The van der Waals surface area contributed by atoms with Crippen molar-refractivity contribution in [2.24, 2.45) is 16.6 Å². The second-order valence-corrected chi connectivity index (χ2v) is 3.37. The van der Waals surface area contributed by atoms with Crippen molar-refractivity contribution in [3.05, 3.63) is 0 Å². The Morgan fingerprint density at radius 1 is 1.67 bits per heavy atom. The minimum absolute atomic E-state index is 0.205. The second kappa shape index (κ2) is 5.33. The van der Waals surface area contributed by atoms with E-state index in [9.17, 15) is 9.59 Å². The largest absolute Gasteiger partial charge is 0.393 e. The van der Waals surface area contributed by atoms with E-state index in [1.165, 1.54) is 0 Å². The summed E-state index contributed by atoms with van der Waals surface area (Å²) in [7, 11) is 1.59. The number of hydrogen-bond acceptors (Lipinski definition) is 4. The first-order chi connectivity index (χ1) is 7.13. The van der Waals surface area contributed by atoms with Crippen LogP contribution in [0.1, 0.15) is 19.3 Å². The molecule has 3 N–H and O–H groups in total. The van der Waals surface area contributed by atoms with Gasteiger partial charge in [0.1, 0.15) is 0 Å². The number of nitrogens with one attached hydrogen (secondary N) is 1. The summed E-state index contributed by atoms with van der Waals surface area (Å²) in [6, 6.07) is 0. The average molecular weight is 213 g/mol. The molecule has 6 heteroatoms. The predicted octanol–water partition coefficient (Wildman–Crippen LogP) is -0.610. The molecule has 0 aliphatic carbocycles. The molecule has 0 aromatic carbocycles. The van der Waals surface area contributed by atoms with Crippen LogP contribution in [0, 0.1) is 5.92 Å². The highest BCUT2D eigenvalue weighted by molar-refractivity contribution is 5.94. The Morgan fingerprint density at radius 3 is 2.93 bits per heavy atom. The van der Waals surface area contributed by atoms with Crippen molar-refractivity contribution in [1.29, 1.82) is 0 Å². The topological polar surface area (TPSA) is 93.8 Å². The summed E-state index contributed by atoms with van der Waals surface area (Å²) in [4.78, 5) is 25.5. The maximum atomic E-state index is 11.1. The first-order valence-electron chi connectivity index (χ1n) is 4.84. The van der Waals surface area contributed by atoms with Crippen LogP contribution in [-0.2, 0) is 14.3 Å². The van der Waals surface area contributed by atoms with Gasteiger partial charge in [-0.05, 0) is 12.8 Å². The van der Waals surface area contributed by atoms with Crippen molar-refractivity contribution in [3.63, 3.8) is 0 Å². The molecule has 1 unspecified atom stereocenters. The van der Waals surface area contributed by atoms with Gasteiger partial charge in [-0.15, -0.1) is 0 Å². The Hall–Kier alpha value is -1.59. The van der Waals surface area contributed by atoms with Gasteiger partial charge in [0, 0.05) is 13.6 Å². The maximum absolute atomic E-state index is 11.1. The van der Waals surface area contributed by atoms with Gasteiger partial charge in [-0.2, -0.15) is 0 Å². The number of nitrogens with two attached hydrogens (primary N) is 1. The molecule has 0 aromatic rings. The summed E-state index contributed by atoms with van der Waals surface area (Å²) in [5.41, 5.74) is 5.41. The van der Waals surface area contributed by atoms with Crippen LogP contribution in [0.15, 0.2) is 4.99 Å². The summed E-state index contributed by atoms with van der Waals surface area (Å²) in [5, 5.41) is 2.87. The van der Waals surface area contributed by atoms with E-state index >= 15 is 0 Å². The van der Waals surface area contributed by atoms with Gasteiger partial charge in [0.25, 0.3) is 0 Å². The van der Waals surface area contributed by atoms with E-state index in [2.05, 4.69) is 15.0 Å². The molecule has 0 bridgehead atoms. The highest BCUT2D eigenvalue weighted by atomic mass is 16.6. The molecular formula is C9H15N3O3. The fraction of sp³-hybridized carbons (Fsp3) is 0.667. The van der Waals surface area contributed by atoms with Crippen LogP contribution in [-0.4, -0.2) is 31.5 Å². The van der Waals surface area contributed by atoms with Crippen LogP contribution in [0.2, 0.25) is 0 Å². The molecule has 1 atom stereocenters. The summed E-state index contributed by atoms with van der Waals surface area (Å²) in [5.74, 6) is -0.733. The van der Waals surface area contributed by atoms with E-state index in [0.29, 0.717) is 18.9 Å². The molecule has 1 saturated heterocycles. The van der Waals surface area contributed by atoms with Gasteiger partial charge >= 0.3 is 11.9 Å². The first kappa shape index (κ1) is 11.5. The summed E-state index contributed by atoms with van der Waals surface area (Å²) in [6.07, 6.45) is 1.59. The number of cyclic esters (lactones) is 2. The molecular weight excluding hydrogens is 198 g/mol. The zero-order valence-corrected chi connectivity index (χ0v) is 8.66. The third-order valence-electron chi connectivity index (χ3n) is 2.24. The lowest BCUT2D eigenvalue weighted by Crippen LogP contribution is -2.32. The Kier molecular flexibility index (Phi) is 4.08. The number of esters is 2. The zero-order chi connectivity index (χ0) is 11.3. The van der Waals surface area contributed by atoms with Crippen LogP contribution in [0.5, 0.6) is 0 Å². The lowest BCUT2D eigenvalue weighted by Gasteiger charge is -2.06. The molecule has 84 valence electrons. The maximum Gasteiger partial charge on any atom is 0.317 e. The van der Waals surface area contributed by atoms with Gasteiger partial charge in [-0.3, -0.25) is 14.6 Å². The molecule has 0 radical (unpaired) electrons. The third-order valence-corrected chi connectivity index (χ3v) is 2.24. The van der Waals surface area contributed by atoms with E-state index in [-0.39, 0.29) is 12.3 Å². The number of carbonyl (C=O) groups is 2. The van der Waals surface area contributed by atoms with Crippen LogP contribution in [0.3, 0.4) is 0 Å². The smallest absolute Gasteiger partial charge is 0.317 e. The number of rotatable bonds is 4. The van der Waals surface area contributed by atoms with Crippen molar-refractivity contribution in [2.45, 2.75) is 19.3 Å². The third kappa shape index (κ3) is 3.57. The summed E-state index contributed by atoms with van der Waals surface area (Å²) < 4.78 is 4.43. The monoisotopic (exact) mass is 213 g/mol. The van der Waals surface area contributed by atoms with Gasteiger partial charge in [0.05, 0.1) is 12.3 Å². The van der Waals surface area contributed by atoms with Crippen molar-refractivity contribution in [3.8, 4) is 0 Å². The summed E-state index contributed by atoms with van der Waals surface area (Å²) >= 11 is 0. The average Bonchev–Trinajstić information content (AvgIpc) is 2.52. The van der Waals surface area contributed by atoms with E-state index in [1.807, 2.05) is 0 Å². The predicted molar refractivity (Wildman–Crippen MR) is 54.0 cm³/mol. The molecule has 15 heavy (non-hydrogen) atoms. The second-order valence-electron chi connectivity index (χ2n) is 3.37. The van der Waals surface area contributed by atoms with Crippen molar-refractivity contribution in [2.75, 3.05) is 13.6 Å². The molecule has 1 fully saturated rings. The van der Waals surface area contributed by atoms with Gasteiger partial charge in [0.2, 0.25) is 0 Å². The number of guanidine groups is 1. The van der Waals surface area contributed by atoms with E-state index in [0.717, 1.165) is 6.42 Å². The standard InChI is InChI=1S/C9H15N3O3/c1-11-9(10)12-4-2-3-6-5-7(13)15-8(6)14/h6H,2-5H2,1H3,(H3,10,11,12). The molecule has 0 saturated carbocycles. The lowest BCUT2D eigenvalue weighted by molar-refractivity contribution is -0.153. The van der Waals surface area contributed by atoms with Crippen LogP contribution in [0.4, 0.5) is 0 Å². The fourth-order valence-corrected chi connectivity index (χ4v) is 1.39. The number of nitrogens with zero attached hydrogens (tertiary/aromatic N) is 1. The lowest BCUT2D eigenvalue weighted by atomic mass is 10.0. The van der Waals surface area contributed by atoms with Crippen LogP contribution >= 0.6 is 0 Å². The Balaban J connectivity index is 2.15. The molecule has 6 nitrogen and oxygen atoms in total. The van der Waals surface area contributed by atoms with E-state index < -0.39 is 11.9 Å². The molecule has 0 aromatic heterocycles. The van der Waals surface area contributed by atoms with Gasteiger partial charge in [-0.25, -0.2) is 0 Å². The molecule has 0 spiro atoms. The number of aliphatic imine (C=N–C) groups is 1. The normalized spacial score (nSPS) is 21.7. The van der Waals surface area contributed by atoms with Crippen molar-refractivity contribution < 1.29 is 14.3 Å². The van der Waals surface area contributed by atoms with Crippen LogP contribution < -0.4 is 11.1 Å². The van der Waals surface area contributed by atoms with Crippen LogP contribution in [0.25, 0.3) is 0 Å². The molecule has 1 aliphatic rings. The SMILES string of the molecule is CN=C(N)NCCCC1CC(=O)OC1=O. The highest BCUT2D eigenvalue weighted by Crippen LogP contribution is 2.20. The minimum Gasteiger partial charge on any atom is -0.393 e. The summed E-state index contributed by atoms with van der Waals surface area (Å²) in [6.45, 7) is 0.640. The Morgan fingerprint density at radius 2 is 2.40 bits per heavy atom. The van der Waals surface area contributed by atoms with Crippen molar-refractivity contribution >= 4 is 17.9 Å². The van der Waals surface area contributed by atoms with Gasteiger partial charge in [-0.1, -0.05) is 0 Å². The Bertz CT molecular complexity index is 288.